The molecule has 2 heterocycles. The van der Waals surface area contributed by atoms with E-state index in [9.17, 15) is 30.3 Å². The highest BCUT2D eigenvalue weighted by Gasteiger charge is 2.45. The average Bonchev–Trinajstić information content (AvgIpc) is 2.85. The first kappa shape index (κ1) is 23.8. The van der Waals surface area contributed by atoms with E-state index in [-0.39, 0.29) is 22.5 Å². The third-order valence-corrected chi connectivity index (χ3v) is 5.58. The zero-order valence-electron chi connectivity index (χ0n) is 18.2. The fourth-order valence-electron chi connectivity index (χ4n) is 3.70. The van der Waals surface area contributed by atoms with Crippen LogP contribution in [0, 0.1) is 0 Å². The van der Waals surface area contributed by atoms with Gasteiger partial charge >= 0.3 is 0 Å². The van der Waals surface area contributed by atoms with Gasteiger partial charge < -0.3 is 48.9 Å². The van der Waals surface area contributed by atoms with Crippen LogP contribution >= 0.6 is 0 Å². The normalized spacial score (nSPS) is 24.7. The van der Waals surface area contributed by atoms with Gasteiger partial charge in [-0.1, -0.05) is 0 Å². The van der Waals surface area contributed by atoms with Gasteiger partial charge in [-0.2, -0.15) is 0 Å². The number of aliphatic hydroxyl groups excluding tert-OH is 4. The molecule has 3 aromatic rings. The Labute approximate surface area is 192 Å². The van der Waals surface area contributed by atoms with Crippen molar-refractivity contribution in [2.24, 2.45) is 0 Å². The third kappa shape index (κ3) is 4.15. The average molecular weight is 476 g/mol. The van der Waals surface area contributed by atoms with Gasteiger partial charge in [0.15, 0.2) is 5.76 Å². The van der Waals surface area contributed by atoms with Gasteiger partial charge in [0.1, 0.15) is 52.6 Å². The number of aromatic hydroxyl groups is 1. The number of hydrogen-bond donors (Lipinski definition) is 5. The van der Waals surface area contributed by atoms with Gasteiger partial charge in [-0.3, -0.25) is 4.79 Å². The Morgan fingerprint density at radius 2 is 1.62 bits per heavy atom. The maximum Gasteiger partial charge on any atom is 0.239 e. The minimum Gasteiger partial charge on any atom is -0.507 e. The lowest BCUT2D eigenvalue weighted by Crippen LogP contribution is -2.60. The van der Waals surface area contributed by atoms with Gasteiger partial charge in [0.05, 0.1) is 20.8 Å². The molecule has 1 aliphatic heterocycles. The molecular formula is C23H24O11. The van der Waals surface area contributed by atoms with E-state index >= 15 is 0 Å². The number of ether oxygens (including phenoxy) is 4. The van der Waals surface area contributed by atoms with Crippen molar-refractivity contribution in [1.29, 1.82) is 0 Å². The summed E-state index contributed by atoms with van der Waals surface area (Å²) in [5, 5.41) is 50.2. The molecule has 0 spiro atoms. The number of benzene rings is 2. The smallest absolute Gasteiger partial charge is 0.239 e. The summed E-state index contributed by atoms with van der Waals surface area (Å²) in [5.41, 5.74) is -0.389. The molecule has 0 amide bonds. The number of rotatable bonds is 6. The SMILES string of the molecule is COc1ccc(-c2oc3cc(OC)cc(O)c3c(=O)c2O[C@@H]2O[C@H](CO)[C@@H](O)[C@H](O)[C@H]2O)cc1. The lowest BCUT2D eigenvalue weighted by atomic mass is 9.99. The third-order valence-electron chi connectivity index (χ3n) is 5.58. The maximum atomic E-state index is 13.4. The molecule has 0 unspecified atom stereocenters. The Hall–Kier alpha value is -3.35. The molecule has 34 heavy (non-hydrogen) atoms. The maximum absolute atomic E-state index is 13.4. The van der Waals surface area contributed by atoms with Gasteiger partial charge in [0, 0.05) is 17.7 Å². The van der Waals surface area contributed by atoms with Crippen molar-refractivity contribution < 1.29 is 48.9 Å². The van der Waals surface area contributed by atoms with Crippen LogP contribution in [0.5, 0.6) is 23.0 Å². The monoisotopic (exact) mass is 476 g/mol. The molecule has 1 aromatic heterocycles. The summed E-state index contributed by atoms with van der Waals surface area (Å²) in [6.45, 7) is -0.678. The number of hydrogen-bond acceptors (Lipinski definition) is 11. The molecule has 0 aliphatic carbocycles. The quantitative estimate of drug-likeness (QED) is 0.333. The number of aliphatic hydroxyl groups is 4. The lowest BCUT2D eigenvalue weighted by Gasteiger charge is -2.39. The second kappa shape index (κ2) is 9.49. The lowest BCUT2D eigenvalue weighted by molar-refractivity contribution is -0.277. The Bertz CT molecular complexity index is 1220. The largest absolute Gasteiger partial charge is 0.507 e. The first-order valence-electron chi connectivity index (χ1n) is 10.3. The van der Waals surface area contributed by atoms with E-state index in [0.29, 0.717) is 11.3 Å². The Morgan fingerprint density at radius 3 is 2.24 bits per heavy atom. The fraction of sp³-hybridized carbons (Fsp3) is 0.348. The highest BCUT2D eigenvalue weighted by Crippen LogP contribution is 2.37. The molecule has 5 N–H and O–H groups in total. The fourth-order valence-corrected chi connectivity index (χ4v) is 3.70. The van der Waals surface area contributed by atoms with Gasteiger partial charge in [0.25, 0.3) is 0 Å². The van der Waals surface area contributed by atoms with E-state index in [1.807, 2.05) is 0 Å². The molecule has 11 heteroatoms. The van der Waals surface area contributed by atoms with Crippen LogP contribution in [-0.2, 0) is 4.74 Å². The van der Waals surface area contributed by atoms with Crippen molar-refractivity contribution in [2.45, 2.75) is 30.7 Å². The molecule has 0 radical (unpaired) electrons. The van der Waals surface area contributed by atoms with Gasteiger partial charge in [0.2, 0.25) is 17.5 Å². The van der Waals surface area contributed by atoms with Crippen LogP contribution in [0.2, 0.25) is 0 Å². The number of fused-ring (bicyclic) bond motifs is 1. The van der Waals surface area contributed by atoms with E-state index in [2.05, 4.69) is 0 Å². The highest BCUT2D eigenvalue weighted by molar-refractivity contribution is 5.88. The zero-order chi connectivity index (χ0) is 24.6. The van der Waals surface area contributed by atoms with Crippen molar-refractivity contribution >= 4 is 11.0 Å². The molecule has 4 rings (SSSR count). The molecule has 182 valence electrons. The van der Waals surface area contributed by atoms with Crippen molar-refractivity contribution in [2.75, 3.05) is 20.8 Å². The van der Waals surface area contributed by atoms with Gasteiger partial charge in [-0.05, 0) is 24.3 Å². The van der Waals surface area contributed by atoms with E-state index in [1.54, 1.807) is 24.3 Å². The number of phenols is 1. The second-order valence-electron chi connectivity index (χ2n) is 7.65. The van der Waals surface area contributed by atoms with E-state index in [1.165, 1.54) is 26.4 Å². The number of phenolic OH excluding ortho intramolecular Hbond substituents is 1. The van der Waals surface area contributed by atoms with Crippen molar-refractivity contribution in [3.63, 3.8) is 0 Å². The van der Waals surface area contributed by atoms with Crippen LogP contribution in [-0.4, -0.2) is 77.1 Å². The Balaban J connectivity index is 1.89. The number of methoxy groups -OCH3 is 2. The van der Waals surface area contributed by atoms with Gasteiger partial charge in [-0.25, -0.2) is 0 Å². The van der Waals surface area contributed by atoms with Crippen LogP contribution in [0.15, 0.2) is 45.6 Å². The Kier molecular flexibility index (Phi) is 6.64. The van der Waals surface area contributed by atoms with Crippen molar-refractivity contribution in [3.05, 3.63) is 46.6 Å². The summed E-state index contributed by atoms with van der Waals surface area (Å²) in [5.74, 6) is -0.130. The molecule has 1 aliphatic rings. The molecule has 5 atom stereocenters. The molecule has 11 nitrogen and oxygen atoms in total. The summed E-state index contributed by atoms with van der Waals surface area (Å²) in [6, 6.07) is 9.09. The molecule has 1 fully saturated rings. The van der Waals surface area contributed by atoms with Crippen LogP contribution in [0.1, 0.15) is 0 Å². The molecular weight excluding hydrogens is 452 g/mol. The predicted molar refractivity (Wildman–Crippen MR) is 117 cm³/mol. The van der Waals surface area contributed by atoms with E-state index in [4.69, 9.17) is 23.4 Å². The minimum absolute atomic E-state index is 0.00817. The summed E-state index contributed by atoms with van der Waals surface area (Å²) in [4.78, 5) is 13.4. The summed E-state index contributed by atoms with van der Waals surface area (Å²) < 4.78 is 27.3. The zero-order valence-corrected chi connectivity index (χ0v) is 18.2. The summed E-state index contributed by atoms with van der Waals surface area (Å²) >= 11 is 0. The van der Waals surface area contributed by atoms with Crippen molar-refractivity contribution in [1.82, 2.24) is 0 Å². The van der Waals surface area contributed by atoms with Gasteiger partial charge in [-0.15, -0.1) is 0 Å². The van der Waals surface area contributed by atoms with Crippen LogP contribution in [0.25, 0.3) is 22.3 Å². The minimum atomic E-state index is -1.76. The first-order chi connectivity index (χ1) is 16.3. The van der Waals surface area contributed by atoms with E-state index < -0.39 is 54.2 Å². The molecule has 0 saturated carbocycles. The van der Waals surface area contributed by atoms with Crippen LogP contribution in [0.3, 0.4) is 0 Å². The molecule has 1 saturated heterocycles. The van der Waals surface area contributed by atoms with Crippen molar-refractivity contribution in [3.8, 4) is 34.3 Å². The second-order valence-corrected chi connectivity index (χ2v) is 7.65. The van der Waals surface area contributed by atoms with E-state index in [0.717, 1.165) is 0 Å². The van der Waals surface area contributed by atoms with Crippen LogP contribution in [0.4, 0.5) is 0 Å². The Morgan fingerprint density at radius 1 is 0.941 bits per heavy atom. The molecule has 2 aromatic carbocycles. The standard InChI is InChI=1S/C23H24O11/c1-30-11-5-3-10(4-6-11)21-22(34-23-20(29)19(28)17(26)15(9-24)33-23)18(27)16-13(25)7-12(31-2)8-14(16)32-21/h3-8,15,17,19-20,23-26,28-29H,9H2,1-2H3/t15-,17-,19+,20-,23+/m1/s1. The first-order valence-corrected chi connectivity index (χ1v) is 10.3. The highest BCUT2D eigenvalue weighted by atomic mass is 16.7. The van der Waals surface area contributed by atoms with Crippen LogP contribution < -0.4 is 19.6 Å². The summed E-state index contributed by atoms with van der Waals surface area (Å²) in [6.07, 6.45) is -7.98. The predicted octanol–water partition coefficient (Wildman–Crippen LogP) is 0.361. The summed E-state index contributed by atoms with van der Waals surface area (Å²) in [7, 11) is 2.88. The molecule has 0 bridgehead atoms. The topological polar surface area (TPSA) is 168 Å².